The summed E-state index contributed by atoms with van der Waals surface area (Å²) in [7, 11) is 0. The lowest BCUT2D eigenvalue weighted by Gasteiger charge is -2.16. The molecule has 1 fully saturated rings. The molecule has 0 radical (unpaired) electrons. The number of hydrogen-bond acceptors (Lipinski definition) is 2. The van der Waals surface area contributed by atoms with E-state index in [1.807, 2.05) is 0 Å². The van der Waals surface area contributed by atoms with Gasteiger partial charge in [0.25, 0.3) is 0 Å². The quantitative estimate of drug-likeness (QED) is 0.854. The summed E-state index contributed by atoms with van der Waals surface area (Å²) < 4.78 is 13.1. The Bertz CT molecular complexity index is 405. The maximum absolute atomic E-state index is 13.1. The fraction of sp³-hybridized carbons (Fsp3) is 0.417. The molecule has 2 N–H and O–H groups in total. The summed E-state index contributed by atoms with van der Waals surface area (Å²) in [6.07, 6.45) is 2.22. The highest BCUT2D eigenvalue weighted by Crippen LogP contribution is 2.20. The Labute approximate surface area is 104 Å². The van der Waals surface area contributed by atoms with Gasteiger partial charge in [0, 0.05) is 29.7 Å². The predicted octanol–water partition coefficient (Wildman–Crippen LogP) is 2.56. The first-order valence-electron chi connectivity index (χ1n) is 5.63. The maximum atomic E-state index is 13.1. The van der Waals surface area contributed by atoms with Crippen molar-refractivity contribution in [3.8, 4) is 0 Å². The largest absolute Gasteiger partial charge is 0.382 e. The number of hydrogen-bond donors (Lipinski definition) is 2. The second kappa shape index (κ2) is 5.36. The van der Waals surface area contributed by atoms with Gasteiger partial charge >= 0.3 is 0 Å². The van der Waals surface area contributed by atoms with Gasteiger partial charge in [-0.1, -0.05) is 11.6 Å². The molecule has 1 atom stereocenters. The van der Waals surface area contributed by atoms with Crippen molar-refractivity contribution in [1.82, 2.24) is 5.32 Å². The highest BCUT2D eigenvalue weighted by atomic mass is 35.5. The molecule has 92 valence electrons. The minimum absolute atomic E-state index is 0.0301. The van der Waals surface area contributed by atoms with Crippen LogP contribution >= 0.6 is 11.6 Å². The minimum atomic E-state index is -0.377. The van der Waals surface area contributed by atoms with E-state index in [1.54, 1.807) is 6.07 Å². The summed E-state index contributed by atoms with van der Waals surface area (Å²) in [4.78, 5) is 11.4. The molecular weight excluding hydrogens is 243 g/mol. The van der Waals surface area contributed by atoms with Gasteiger partial charge in [0.15, 0.2) is 0 Å². The van der Waals surface area contributed by atoms with E-state index in [2.05, 4.69) is 10.6 Å². The summed E-state index contributed by atoms with van der Waals surface area (Å²) in [5.74, 6) is -0.347. The Kier molecular flexibility index (Phi) is 3.84. The van der Waals surface area contributed by atoms with Gasteiger partial charge in [-0.15, -0.1) is 0 Å². The average Bonchev–Trinajstić information content (AvgIpc) is 2.41. The van der Waals surface area contributed by atoms with Crippen LogP contribution in [0.2, 0.25) is 5.02 Å². The molecule has 0 aromatic heterocycles. The molecule has 1 amide bonds. The predicted molar refractivity (Wildman–Crippen MR) is 65.7 cm³/mol. The van der Waals surface area contributed by atoms with Crippen molar-refractivity contribution < 1.29 is 9.18 Å². The zero-order valence-electron chi connectivity index (χ0n) is 9.30. The van der Waals surface area contributed by atoms with Gasteiger partial charge in [-0.05, 0) is 31.0 Å². The molecule has 3 nitrogen and oxygen atoms in total. The molecule has 2 rings (SSSR count). The summed E-state index contributed by atoms with van der Waals surface area (Å²) >= 11 is 5.77. The van der Waals surface area contributed by atoms with Crippen LogP contribution in [0.5, 0.6) is 0 Å². The molecule has 1 unspecified atom stereocenters. The van der Waals surface area contributed by atoms with E-state index in [0.29, 0.717) is 23.7 Å². The standard InChI is InChI=1S/C12H14ClFN2O/c13-8-4-9(14)6-11(5-8)16-10-2-1-3-15-12(17)7-10/h4-6,10,16H,1-3,7H2,(H,15,17). The number of rotatable bonds is 2. The number of amides is 1. The fourth-order valence-corrected chi connectivity index (χ4v) is 2.19. The van der Waals surface area contributed by atoms with Gasteiger partial charge in [0.05, 0.1) is 0 Å². The average molecular weight is 257 g/mol. The number of benzene rings is 1. The monoisotopic (exact) mass is 256 g/mol. The van der Waals surface area contributed by atoms with Gasteiger partial charge in [0.2, 0.25) is 5.91 Å². The van der Waals surface area contributed by atoms with Crippen molar-refractivity contribution in [3.05, 3.63) is 29.0 Å². The van der Waals surface area contributed by atoms with Crippen molar-refractivity contribution in [2.45, 2.75) is 25.3 Å². The molecule has 17 heavy (non-hydrogen) atoms. The van der Waals surface area contributed by atoms with Gasteiger partial charge < -0.3 is 10.6 Å². The third-order valence-electron chi connectivity index (χ3n) is 2.72. The van der Waals surface area contributed by atoms with E-state index in [1.165, 1.54) is 12.1 Å². The van der Waals surface area contributed by atoms with Crippen LogP contribution in [-0.2, 0) is 4.79 Å². The first-order valence-corrected chi connectivity index (χ1v) is 6.00. The lowest BCUT2D eigenvalue weighted by molar-refractivity contribution is -0.120. The second-order valence-electron chi connectivity index (χ2n) is 4.20. The Hall–Kier alpha value is -1.29. The Morgan fingerprint density at radius 3 is 3.00 bits per heavy atom. The second-order valence-corrected chi connectivity index (χ2v) is 4.63. The lowest BCUT2D eigenvalue weighted by Crippen LogP contribution is -2.26. The SMILES string of the molecule is O=C1CC(Nc2cc(F)cc(Cl)c2)CCCN1. The third kappa shape index (κ3) is 3.60. The first kappa shape index (κ1) is 12.2. The number of anilines is 1. The van der Waals surface area contributed by atoms with Crippen LogP contribution in [0.1, 0.15) is 19.3 Å². The molecule has 0 aliphatic carbocycles. The fourth-order valence-electron chi connectivity index (χ4n) is 1.97. The Morgan fingerprint density at radius 2 is 2.24 bits per heavy atom. The minimum Gasteiger partial charge on any atom is -0.382 e. The smallest absolute Gasteiger partial charge is 0.222 e. The van der Waals surface area contributed by atoms with Crippen molar-refractivity contribution in [2.75, 3.05) is 11.9 Å². The molecule has 1 aliphatic heterocycles. The number of carbonyl (C=O) groups excluding carboxylic acids is 1. The van der Waals surface area contributed by atoms with E-state index in [-0.39, 0.29) is 17.8 Å². The first-order chi connectivity index (χ1) is 8.13. The topological polar surface area (TPSA) is 41.1 Å². The van der Waals surface area contributed by atoms with Crippen molar-refractivity contribution in [1.29, 1.82) is 0 Å². The van der Waals surface area contributed by atoms with E-state index in [4.69, 9.17) is 11.6 Å². The van der Waals surface area contributed by atoms with E-state index >= 15 is 0 Å². The van der Waals surface area contributed by atoms with Crippen LogP contribution in [-0.4, -0.2) is 18.5 Å². The lowest BCUT2D eigenvalue weighted by atomic mass is 10.1. The molecule has 5 heteroatoms. The zero-order chi connectivity index (χ0) is 12.3. The van der Waals surface area contributed by atoms with Crippen molar-refractivity contribution in [3.63, 3.8) is 0 Å². The summed E-state index contributed by atoms with van der Waals surface area (Å²) in [5.41, 5.74) is 0.620. The Morgan fingerprint density at radius 1 is 1.41 bits per heavy atom. The molecule has 0 spiro atoms. The number of halogens is 2. The molecule has 0 bridgehead atoms. The maximum Gasteiger partial charge on any atom is 0.222 e. The van der Waals surface area contributed by atoms with Gasteiger partial charge in [0.1, 0.15) is 5.82 Å². The zero-order valence-corrected chi connectivity index (χ0v) is 10.1. The van der Waals surface area contributed by atoms with E-state index < -0.39 is 0 Å². The molecular formula is C12H14ClFN2O. The van der Waals surface area contributed by atoms with Crippen molar-refractivity contribution in [2.24, 2.45) is 0 Å². The Balaban J connectivity index is 2.06. The molecule has 1 saturated heterocycles. The highest BCUT2D eigenvalue weighted by Gasteiger charge is 2.17. The van der Waals surface area contributed by atoms with Crippen LogP contribution in [0, 0.1) is 5.82 Å². The molecule has 1 heterocycles. The number of carbonyl (C=O) groups is 1. The van der Waals surface area contributed by atoms with Gasteiger partial charge in [-0.3, -0.25) is 4.79 Å². The van der Waals surface area contributed by atoms with Crippen molar-refractivity contribution >= 4 is 23.2 Å². The van der Waals surface area contributed by atoms with Crippen LogP contribution in [0.15, 0.2) is 18.2 Å². The molecule has 1 aromatic carbocycles. The van der Waals surface area contributed by atoms with Crippen LogP contribution in [0.4, 0.5) is 10.1 Å². The van der Waals surface area contributed by atoms with Crippen LogP contribution in [0.3, 0.4) is 0 Å². The highest BCUT2D eigenvalue weighted by molar-refractivity contribution is 6.30. The van der Waals surface area contributed by atoms with Crippen LogP contribution < -0.4 is 10.6 Å². The van der Waals surface area contributed by atoms with Gasteiger partial charge in [-0.2, -0.15) is 0 Å². The number of nitrogens with one attached hydrogen (secondary N) is 2. The summed E-state index contributed by atoms with van der Waals surface area (Å²) in [6, 6.07) is 4.34. The molecule has 1 aliphatic rings. The summed E-state index contributed by atoms with van der Waals surface area (Å²) in [6.45, 7) is 0.709. The third-order valence-corrected chi connectivity index (χ3v) is 2.93. The molecule has 1 aromatic rings. The van der Waals surface area contributed by atoms with E-state index in [0.717, 1.165) is 12.8 Å². The van der Waals surface area contributed by atoms with E-state index in [9.17, 15) is 9.18 Å². The summed E-state index contributed by atoms with van der Waals surface area (Å²) in [5, 5.41) is 6.30. The normalized spacial score (nSPS) is 20.6. The molecule has 0 saturated carbocycles. The van der Waals surface area contributed by atoms with Crippen LogP contribution in [0.25, 0.3) is 0 Å². The van der Waals surface area contributed by atoms with Gasteiger partial charge in [-0.25, -0.2) is 4.39 Å².